The molecule has 0 bridgehead atoms. The van der Waals surface area contributed by atoms with Gasteiger partial charge in [0.1, 0.15) is 0 Å². The summed E-state index contributed by atoms with van der Waals surface area (Å²) in [5.74, 6) is -0.0465. The highest BCUT2D eigenvalue weighted by Crippen LogP contribution is 2.44. The Labute approximate surface area is 143 Å². The van der Waals surface area contributed by atoms with Crippen LogP contribution in [-0.4, -0.2) is 35.1 Å². The first-order valence-electron chi connectivity index (χ1n) is 8.84. The van der Waals surface area contributed by atoms with E-state index in [-0.39, 0.29) is 18.0 Å². The molecule has 5 nitrogen and oxygen atoms in total. The molecule has 0 radical (unpaired) electrons. The van der Waals surface area contributed by atoms with E-state index in [9.17, 15) is 9.59 Å². The molecule has 1 aliphatic heterocycles. The number of carboxylic acid groups (broad SMARTS) is 1. The molecule has 0 saturated carbocycles. The first kappa shape index (κ1) is 16.8. The number of hydrogen-bond donors (Lipinski definition) is 2. The van der Waals surface area contributed by atoms with Gasteiger partial charge in [-0.15, -0.1) is 0 Å². The van der Waals surface area contributed by atoms with Crippen LogP contribution in [0.3, 0.4) is 0 Å². The molecular formula is C19H26N2O3. The van der Waals surface area contributed by atoms with E-state index in [0.29, 0.717) is 37.8 Å². The number of aliphatic carboxylic acids is 1. The van der Waals surface area contributed by atoms with Crippen LogP contribution in [0.25, 0.3) is 0 Å². The Kier molecular flexibility index (Phi) is 4.78. The molecule has 1 aromatic rings. The normalized spacial score (nSPS) is 24.0. The van der Waals surface area contributed by atoms with Crippen molar-refractivity contribution in [2.75, 3.05) is 13.1 Å². The summed E-state index contributed by atoms with van der Waals surface area (Å²) in [6, 6.07) is 8.36. The molecule has 130 valence electrons. The first-order valence-corrected chi connectivity index (χ1v) is 8.84. The van der Waals surface area contributed by atoms with Gasteiger partial charge in [0.05, 0.1) is 12.0 Å². The third kappa shape index (κ3) is 3.25. The van der Waals surface area contributed by atoms with Crippen molar-refractivity contribution in [3.05, 3.63) is 35.4 Å². The van der Waals surface area contributed by atoms with Gasteiger partial charge in [0.2, 0.25) is 0 Å². The zero-order chi connectivity index (χ0) is 17.3. The Hall–Kier alpha value is -2.04. The average Bonchev–Trinajstić information content (AvgIpc) is 2.94. The van der Waals surface area contributed by atoms with Crippen molar-refractivity contribution in [3.8, 4) is 0 Å². The van der Waals surface area contributed by atoms with E-state index in [0.717, 1.165) is 6.42 Å². The lowest BCUT2D eigenvalue weighted by Gasteiger charge is -2.31. The van der Waals surface area contributed by atoms with Gasteiger partial charge in [-0.2, -0.15) is 0 Å². The van der Waals surface area contributed by atoms with E-state index in [4.69, 9.17) is 5.11 Å². The molecule has 2 atom stereocenters. The Balaban J connectivity index is 1.64. The Bertz CT molecular complexity index is 621. The minimum atomic E-state index is -0.750. The number of carbonyl (C=O) groups is 2. The molecule has 1 saturated heterocycles. The zero-order valence-electron chi connectivity index (χ0n) is 14.4. The summed E-state index contributed by atoms with van der Waals surface area (Å²) in [6.07, 6.45) is 2.02. The van der Waals surface area contributed by atoms with E-state index in [1.807, 2.05) is 6.07 Å². The highest BCUT2D eigenvalue weighted by atomic mass is 16.4. The van der Waals surface area contributed by atoms with Crippen molar-refractivity contribution in [3.63, 3.8) is 0 Å². The van der Waals surface area contributed by atoms with E-state index in [1.165, 1.54) is 11.1 Å². The van der Waals surface area contributed by atoms with Crippen molar-refractivity contribution in [1.29, 1.82) is 0 Å². The zero-order valence-corrected chi connectivity index (χ0v) is 14.4. The second-order valence-electron chi connectivity index (χ2n) is 7.32. The first-order chi connectivity index (χ1) is 11.5. The summed E-state index contributed by atoms with van der Waals surface area (Å²) >= 11 is 0. The Morgan fingerprint density at radius 2 is 1.79 bits per heavy atom. The van der Waals surface area contributed by atoms with Gasteiger partial charge >= 0.3 is 12.0 Å². The van der Waals surface area contributed by atoms with Gasteiger partial charge in [-0.1, -0.05) is 38.1 Å². The lowest BCUT2D eigenvalue weighted by atomic mass is 9.90. The van der Waals surface area contributed by atoms with Crippen LogP contribution in [0.5, 0.6) is 0 Å². The summed E-state index contributed by atoms with van der Waals surface area (Å²) in [4.78, 5) is 25.4. The lowest BCUT2D eigenvalue weighted by molar-refractivity contribution is -0.143. The smallest absolute Gasteiger partial charge is 0.317 e. The van der Waals surface area contributed by atoms with Crippen molar-refractivity contribution in [1.82, 2.24) is 10.2 Å². The Morgan fingerprint density at radius 1 is 1.17 bits per heavy atom. The van der Waals surface area contributed by atoms with Crippen molar-refractivity contribution < 1.29 is 14.7 Å². The fourth-order valence-corrected chi connectivity index (χ4v) is 4.01. The minimum Gasteiger partial charge on any atom is -0.481 e. The van der Waals surface area contributed by atoms with Gasteiger partial charge in [0.25, 0.3) is 0 Å². The molecule has 1 fully saturated rings. The number of likely N-dealkylation sites (tertiary alicyclic amines) is 1. The summed E-state index contributed by atoms with van der Waals surface area (Å²) in [5, 5.41) is 12.2. The lowest BCUT2D eigenvalue weighted by Crippen LogP contribution is -2.46. The van der Waals surface area contributed by atoms with Crippen LogP contribution in [-0.2, 0) is 4.79 Å². The molecule has 3 rings (SSSR count). The highest BCUT2D eigenvalue weighted by molar-refractivity contribution is 5.76. The number of fused-ring (bicyclic) bond motifs is 1. The standard InChI is InChI=1S/C19H26N2O3/c1-12(2)16-11-17(15-6-4-3-5-14(15)16)20-19(24)21-9-7-13(8-10-21)18(22)23/h3-6,12-13,16-17H,7-11H2,1-2H3,(H,20,24)(H,22,23)/t16-,17-/m1/s1. The largest absolute Gasteiger partial charge is 0.481 e. The van der Waals surface area contributed by atoms with Crippen LogP contribution in [0.4, 0.5) is 4.79 Å². The summed E-state index contributed by atoms with van der Waals surface area (Å²) in [7, 11) is 0. The number of nitrogens with one attached hydrogen (secondary N) is 1. The molecule has 5 heteroatoms. The van der Waals surface area contributed by atoms with Crippen LogP contribution in [0.2, 0.25) is 0 Å². The second kappa shape index (κ2) is 6.83. The molecule has 0 aromatic heterocycles. The molecule has 1 aromatic carbocycles. The van der Waals surface area contributed by atoms with Gasteiger partial charge in [-0.3, -0.25) is 4.79 Å². The molecule has 2 amide bonds. The predicted octanol–water partition coefficient (Wildman–Crippen LogP) is 3.38. The molecular weight excluding hydrogens is 304 g/mol. The third-order valence-electron chi connectivity index (χ3n) is 5.49. The Morgan fingerprint density at radius 3 is 2.38 bits per heavy atom. The molecule has 1 aliphatic carbocycles. The minimum absolute atomic E-state index is 0.0540. The topological polar surface area (TPSA) is 69.6 Å². The highest BCUT2D eigenvalue weighted by Gasteiger charge is 2.34. The summed E-state index contributed by atoms with van der Waals surface area (Å²) in [5.41, 5.74) is 2.58. The number of piperidine rings is 1. The number of urea groups is 1. The number of carbonyl (C=O) groups excluding carboxylic acids is 1. The number of nitrogens with zero attached hydrogens (tertiary/aromatic N) is 1. The van der Waals surface area contributed by atoms with Crippen molar-refractivity contribution in [2.24, 2.45) is 11.8 Å². The van der Waals surface area contributed by atoms with Crippen LogP contribution < -0.4 is 5.32 Å². The number of amides is 2. The fraction of sp³-hybridized carbons (Fsp3) is 0.579. The molecule has 1 heterocycles. The summed E-state index contributed by atoms with van der Waals surface area (Å²) < 4.78 is 0. The van der Waals surface area contributed by atoms with Crippen molar-refractivity contribution in [2.45, 2.75) is 45.1 Å². The molecule has 0 spiro atoms. The van der Waals surface area contributed by atoms with E-state index < -0.39 is 5.97 Å². The molecule has 2 aliphatic rings. The van der Waals surface area contributed by atoms with Crippen LogP contribution in [0.15, 0.2) is 24.3 Å². The monoisotopic (exact) mass is 330 g/mol. The van der Waals surface area contributed by atoms with E-state index in [2.05, 4.69) is 37.4 Å². The quantitative estimate of drug-likeness (QED) is 0.892. The molecule has 24 heavy (non-hydrogen) atoms. The molecule has 2 N–H and O–H groups in total. The SMILES string of the molecule is CC(C)[C@H]1C[C@@H](NC(=O)N2CCC(C(=O)O)CC2)c2ccccc21. The number of rotatable bonds is 3. The number of hydrogen-bond acceptors (Lipinski definition) is 2. The van der Waals surface area contributed by atoms with Gasteiger partial charge in [-0.05, 0) is 42.2 Å². The molecule has 0 unspecified atom stereocenters. The van der Waals surface area contributed by atoms with Gasteiger partial charge in [0.15, 0.2) is 0 Å². The average molecular weight is 330 g/mol. The van der Waals surface area contributed by atoms with Crippen LogP contribution >= 0.6 is 0 Å². The van der Waals surface area contributed by atoms with Crippen LogP contribution in [0, 0.1) is 11.8 Å². The van der Waals surface area contributed by atoms with Gasteiger partial charge < -0.3 is 15.3 Å². The van der Waals surface area contributed by atoms with Gasteiger partial charge in [0, 0.05) is 13.1 Å². The van der Waals surface area contributed by atoms with Gasteiger partial charge in [-0.25, -0.2) is 4.79 Å². The van der Waals surface area contributed by atoms with Crippen LogP contribution in [0.1, 0.15) is 56.2 Å². The predicted molar refractivity (Wildman–Crippen MR) is 91.8 cm³/mol. The maximum atomic E-state index is 12.6. The van der Waals surface area contributed by atoms with Crippen molar-refractivity contribution >= 4 is 12.0 Å². The second-order valence-corrected chi connectivity index (χ2v) is 7.32. The summed E-state index contributed by atoms with van der Waals surface area (Å²) in [6.45, 7) is 5.49. The maximum absolute atomic E-state index is 12.6. The maximum Gasteiger partial charge on any atom is 0.317 e. The number of benzene rings is 1. The van der Waals surface area contributed by atoms with E-state index in [1.54, 1.807) is 4.90 Å². The fourth-order valence-electron chi connectivity index (χ4n) is 4.01. The van der Waals surface area contributed by atoms with E-state index >= 15 is 0 Å². The third-order valence-corrected chi connectivity index (χ3v) is 5.49. The number of carboxylic acids is 1.